The van der Waals surface area contributed by atoms with E-state index in [0.29, 0.717) is 37.4 Å². The summed E-state index contributed by atoms with van der Waals surface area (Å²) in [7, 11) is 0. The monoisotopic (exact) mass is 320 g/mol. The van der Waals surface area contributed by atoms with Gasteiger partial charge in [0.25, 0.3) is 5.91 Å². The molecule has 1 aliphatic heterocycles. The van der Waals surface area contributed by atoms with E-state index in [1.165, 1.54) is 30.3 Å². The van der Waals surface area contributed by atoms with Gasteiger partial charge in [0.15, 0.2) is 0 Å². The molecule has 0 atom stereocenters. The van der Waals surface area contributed by atoms with Crippen LogP contribution in [-0.2, 0) is 0 Å². The van der Waals surface area contributed by atoms with Crippen LogP contribution in [-0.4, -0.2) is 37.0 Å². The number of carbonyl (C=O) groups is 1. The number of halogens is 3. The molecule has 0 bridgehead atoms. The summed E-state index contributed by atoms with van der Waals surface area (Å²) in [4.78, 5) is 15.7. The fraction of sp³-hybridized carbons (Fsp3) is 0.235. The highest BCUT2D eigenvalue weighted by Crippen LogP contribution is 2.22. The zero-order valence-electron chi connectivity index (χ0n) is 12.3. The average Bonchev–Trinajstić information content (AvgIpc) is 2.54. The highest BCUT2D eigenvalue weighted by atomic mass is 19.1. The minimum atomic E-state index is -0.619. The SMILES string of the molecule is O=C(c1cccc(F)c1)N1CCN(c2ccc(F)cc2F)CC1. The standard InChI is InChI=1S/C17H15F3N2O/c18-13-3-1-2-12(10-13)17(23)22-8-6-21(7-9-22)16-5-4-14(19)11-15(16)20/h1-5,10-11H,6-9H2. The normalized spacial score (nSPS) is 14.9. The molecule has 3 rings (SSSR count). The third-order valence-electron chi connectivity index (χ3n) is 3.89. The summed E-state index contributed by atoms with van der Waals surface area (Å²) in [5.41, 5.74) is 0.621. The van der Waals surface area contributed by atoms with Crippen molar-refractivity contribution in [1.29, 1.82) is 0 Å². The number of anilines is 1. The number of benzene rings is 2. The number of amides is 1. The number of piperazine rings is 1. The minimum Gasteiger partial charge on any atom is -0.366 e. The van der Waals surface area contributed by atoms with E-state index < -0.39 is 17.5 Å². The van der Waals surface area contributed by atoms with E-state index in [2.05, 4.69) is 0 Å². The topological polar surface area (TPSA) is 23.6 Å². The van der Waals surface area contributed by atoms with E-state index in [-0.39, 0.29) is 5.91 Å². The van der Waals surface area contributed by atoms with Gasteiger partial charge in [0, 0.05) is 37.8 Å². The summed E-state index contributed by atoms with van der Waals surface area (Å²) in [6.45, 7) is 1.66. The molecule has 2 aromatic rings. The van der Waals surface area contributed by atoms with Gasteiger partial charge in [-0.2, -0.15) is 0 Å². The van der Waals surface area contributed by atoms with Gasteiger partial charge in [0.1, 0.15) is 17.5 Å². The molecule has 0 spiro atoms. The zero-order chi connectivity index (χ0) is 16.4. The molecule has 1 saturated heterocycles. The molecule has 6 heteroatoms. The number of hydrogen-bond donors (Lipinski definition) is 0. The Morgan fingerprint density at radius 2 is 1.57 bits per heavy atom. The van der Waals surface area contributed by atoms with E-state index in [0.717, 1.165) is 6.07 Å². The van der Waals surface area contributed by atoms with Gasteiger partial charge < -0.3 is 9.80 Å². The Morgan fingerprint density at radius 3 is 2.22 bits per heavy atom. The van der Waals surface area contributed by atoms with Gasteiger partial charge in [0.05, 0.1) is 5.69 Å². The molecule has 23 heavy (non-hydrogen) atoms. The first-order chi connectivity index (χ1) is 11.0. The largest absolute Gasteiger partial charge is 0.366 e. The van der Waals surface area contributed by atoms with Gasteiger partial charge in [-0.25, -0.2) is 13.2 Å². The molecule has 2 aromatic carbocycles. The Morgan fingerprint density at radius 1 is 0.870 bits per heavy atom. The Hall–Kier alpha value is -2.50. The fourth-order valence-corrected chi connectivity index (χ4v) is 2.69. The maximum atomic E-state index is 13.8. The second-order valence-electron chi connectivity index (χ2n) is 5.39. The third-order valence-corrected chi connectivity index (χ3v) is 3.89. The molecule has 1 aliphatic rings. The van der Waals surface area contributed by atoms with E-state index in [4.69, 9.17) is 0 Å². The smallest absolute Gasteiger partial charge is 0.254 e. The molecule has 0 radical (unpaired) electrons. The van der Waals surface area contributed by atoms with Crippen LogP contribution < -0.4 is 4.90 Å². The van der Waals surface area contributed by atoms with Crippen molar-refractivity contribution in [2.45, 2.75) is 0 Å². The van der Waals surface area contributed by atoms with E-state index in [1.807, 2.05) is 0 Å². The molecule has 1 fully saturated rings. The van der Waals surface area contributed by atoms with Crippen LogP contribution in [0.15, 0.2) is 42.5 Å². The van der Waals surface area contributed by atoms with Gasteiger partial charge >= 0.3 is 0 Å². The molecule has 0 aliphatic carbocycles. The van der Waals surface area contributed by atoms with E-state index in [1.54, 1.807) is 15.9 Å². The number of rotatable bonds is 2. The van der Waals surface area contributed by atoms with Gasteiger partial charge in [-0.1, -0.05) is 6.07 Å². The Labute approximate surface area is 131 Å². The van der Waals surface area contributed by atoms with Crippen LogP contribution in [0, 0.1) is 17.5 Å². The second-order valence-corrected chi connectivity index (χ2v) is 5.39. The second kappa shape index (κ2) is 6.32. The molecular weight excluding hydrogens is 305 g/mol. The molecular formula is C17H15F3N2O. The van der Waals surface area contributed by atoms with Crippen molar-refractivity contribution in [1.82, 2.24) is 4.90 Å². The quantitative estimate of drug-likeness (QED) is 0.849. The predicted octanol–water partition coefficient (Wildman–Crippen LogP) is 3.07. The Balaban J connectivity index is 1.67. The lowest BCUT2D eigenvalue weighted by atomic mass is 10.1. The lowest BCUT2D eigenvalue weighted by molar-refractivity contribution is 0.0746. The number of hydrogen-bond acceptors (Lipinski definition) is 2. The van der Waals surface area contributed by atoms with Crippen LogP contribution in [0.5, 0.6) is 0 Å². The van der Waals surface area contributed by atoms with Crippen LogP contribution in [0.1, 0.15) is 10.4 Å². The van der Waals surface area contributed by atoms with Crippen molar-refractivity contribution in [2.75, 3.05) is 31.1 Å². The van der Waals surface area contributed by atoms with Gasteiger partial charge in [-0.3, -0.25) is 4.79 Å². The Kier molecular flexibility index (Phi) is 4.23. The van der Waals surface area contributed by atoms with Crippen molar-refractivity contribution >= 4 is 11.6 Å². The van der Waals surface area contributed by atoms with Crippen molar-refractivity contribution in [3.8, 4) is 0 Å². The molecule has 120 valence electrons. The Bertz CT molecular complexity index is 728. The molecule has 0 unspecified atom stereocenters. The first kappa shape index (κ1) is 15.4. The highest BCUT2D eigenvalue weighted by Gasteiger charge is 2.24. The van der Waals surface area contributed by atoms with E-state index >= 15 is 0 Å². The predicted molar refractivity (Wildman–Crippen MR) is 80.9 cm³/mol. The summed E-state index contributed by atoms with van der Waals surface area (Å²) >= 11 is 0. The summed E-state index contributed by atoms with van der Waals surface area (Å²) in [5, 5.41) is 0. The van der Waals surface area contributed by atoms with Crippen molar-refractivity contribution in [3.05, 3.63) is 65.5 Å². The zero-order valence-corrected chi connectivity index (χ0v) is 12.3. The average molecular weight is 320 g/mol. The molecule has 1 amide bonds. The summed E-state index contributed by atoms with van der Waals surface area (Å²) in [6, 6.07) is 9.00. The van der Waals surface area contributed by atoms with Crippen molar-refractivity contribution < 1.29 is 18.0 Å². The lowest BCUT2D eigenvalue weighted by Gasteiger charge is -2.36. The first-order valence-corrected chi connectivity index (χ1v) is 7.29. The minimum absolute atomic E-state index is 0.247. The summed E-state index contributed by atoms with van der Waals surface area (Å²) in [5.74, 6) is -1.94. The molecule has 3 nitrogen and oxygen atoms in total. The van der Waals surface area contributed by atoms with Gasteiger partial charge in [-0.05, 0) is 30.3 Å². The summed E-state index contributed by atoms with van der Waals surface area (Å²) in [6.07, 6.45) is 0. The first-order valence-electron chi connectivity index (χ1n) is 7.29. The number of carbonyl (C=O) groups excluding carboxylic acids is 1. The van der Waals surface area contributed by atoms with Crippen LogP contribution in [0.4, 0.5) is 18.9 Å². The third kappa shape index (κ3) is 3.31. The molecule has 0 N–H and O–H groups in total. The summed E-state index contributed by atoms with van der Waals surface area (Å²) < 4.78 is 40.0. The van der Waals surface area contributed by atoms with Crippen LogP contribution in [0.3, 0.4) is 0 Å². The van der Waals surface area contributed by atoms with Gasteiger partial charge in [0.2, 0.25) is 0 Å². The maximum Gasteiger partial charge on any atom is 0.254 e. The van der Waals surface area contributed by atoms with Crippen LogP contribution in [0.2, 0.25) is 0 Å². The molecule has 1 heterocycles. The molecule has 0 aromatic heterocycles. The lowest BCUT2D eigenvalue weighted by Crippen LogP contribution is -2.49. The maximum absolute atomic E-state index is 13.8. The molecule has 0 saturated carbocycles. The van der Waals surface area contributed by atoms with E-state index in [9.17, 15) is 18.0 Å². The van der Waals surface area contributed by atoms with Crippen LogP contribution >= 0.6 is 0 Å². The number of nitrogens with zero attached hydrogens (tertiary/aromatic N) is 2. The highest BCUT2D eigenvalue weighted by molar-refractivity contribution is 5.94. The fourth-order valence-electron chi connectivity index (χ4n) is 2.69. The van der Waals surface area contributed by atoms with Crippen molar-refractivity contribution in [2.24, 2.45) is 0 Å². The van der Waals surface area contributed by atoms with Crippen LogP contribution in [0.25, 0.3) is 0 Å². The van der Waals surface area contributed by atoms with Gasteiger partial charge in [-0.15, -0.1) is 0 Å². The van der Waals surface area contributed by atoms with Crippen molar-refractivity contribution in [3.63, 3.8) is 0 Å².